The first-order chi connectivity index (χ1) is 15.3. The predicted molar refractivity (Wildman–Crippen MR) is 114 cm³/mol. The molecule has 0 radical (unpaired) electrons. The van der Waals surface area contributed by atoms with Crippen LogP contribution in [0.1, 0.15) is 18.4 Å². The summed E-state index contributed by atoms with van der Waals surface area (Å²) in [6.45, 7) is 0.326. The molecule has 3 aromatic rings. The van der Waals surface area contributed by atoms with E-state index in [4.69, 9.17) is 16.0 Å². The second-order valence-electron chi connectivity index (χ2n) is 7.53. The minimum absolute atomic E-state index is 0.00449. The summed E-state index contributed by atoms with van der Waals surface area (Å²) >= 11 is 6.06. The minimum atomic E-state index is -0.997. The lowest BCUT2D eigenvalue weighted by molar-refractivity contribution is -0.384. The SMILES string of the molecule is O=C(Cn1nc(-c2ccc([N+](=O)[O-])cc2Cl)oc1=O)N1CCC(O)(c2ccccc2)CC1. The molecular formula is C21H19ClN4O6. The predicted octanol–water partition coefficient (Wildman–Crippen LogP) is 2.58. The molecule has 0 spiro atoms. The second-order valence-corrected chi connectivity index (χ2v) is 7.94. The van der Waals surface area contributed by atoms with Gasteiger partial charge in [-0.3, -0.25) is 14.9 Å². The molecular weight excluding hydrogens is 440 g/mol. The van der Waals surface area contributed by atoms with Crippen LogP contribution in [0.25, 0.3) is 11.5 Å². The number of piperidine rings is 1. The molecule has 1 N–H and O–H groups in total. The number of carbonyl (C=O) groups excluding carboxylic acids is 1. The molecule has 0 aliphatic carbocycles. The van der Waals surface area contributed by atoms with E-state index in [1.165, 1.54) is 12.1 Å². The normalized spacial score (nSPS) is 15.5. The smallest absolute Gasteiger partial charge is 0.388 e. The maximum absolute atomic E-state index is 12.7. The van der Waals surface area contributed by atoms with Crippen molar-refractivity contribution in [2.45, 2.75) is 25.0 Å². The van der Waals surface area contributed by atoms with Crippen LogP contribution in [0.2, 0.25) is 5.02 Å². The highest BCUT2D eigenvalue weighted by Crippen LogP contribution is 2.33. The van der Waals surface area contributed by atoms with Crippen LogP contribution in [0.15, 0.2) is 57.7 Å². The Hall–Kier alpha value is -3.50. The van der Waals surface area contributed by atoms with E-state index in [1.807, 2.05) is 30.3 Å². The molecule has 11 heteroatoms. The third-order valence-corrected chi connectivity index (χ3v) is 5.85. The molecule has 0 saturated carbocycles. The van der Waals surface area contributed by atoms with Crippen molar-refractivity contribution in [2.24, 2.45) is 0 Å². The fourth-order valence-corrected chi connectivity index (χ4v) is 3.95. The number of nitrogens with zero attached hydrogens (tertiary/aromatic N) is 4. The Labute approximate surface area is 186 Å². The number of likely N-dealkylation sites (tertiary alicyclic amines) is 1. The molecule has 2 heterocycles. The van der Waals surface area contributed by atoms with Crippen molar-refractivity contribution in [1.82, 2.24) is 14.7 Å². The monoisotopic (exact) mass is 458 g/mol. The number of halogens is 1. The van der Waals surface area contributed by atoms with Gasteiger partial charge in [0.15, 0.2) is 0 Å². The zero-order valence-electron chi connectivity index (χ0n) is 16.8. The summed E-state index contributed by atoms with van der Waals surface area (Å²) in [4.78, 5) is 36.7. The van der Waals surface area contributed by atoms with E-state index in [0.717, 1.165) is 16.3 Å². The zero-order valence-corrected chi connectivity index (χ0v) is 17.6. The number of amides is 1. The van der Waals surface area contributed by atoms with Gasteiger partial charge in [0, 0.05) is 25.2 Å². The first-order valence-corrected chi connectivity index (χ1v) is 10.2. The summed E-state index contributed by atoms with van der Waals surface area (Å²) in [6, 6.07) is 13.0. The summed E-state index contributed by atoms with van der Waals surface area (Å²) < 4.78 is 5.97. The third kappa shape index (κ3) is 4.27. The van der Waals surface area contributed by atoms with Gasteiger partial charge in [0.25, 0.3) is 11.6 Å². The topological polar surface area (TPSA) is 132 Å². The van der Waals surface area contributed by atoms with Crippen LogP contribution in [0.5, 0.6) is 0 Å². The molecule has 2 aromatic carbocycles. The summed E-state index contributed by atoms with van der Waals surface area (Å²) in [6.07, 6.45) is 0.750. The number of nitro benzene ring substituents is 1. The number of non-ortho nitro benzene ring substituents is 1. The average molecular weight is 459 g/mol. The standard InChI is InChI=1S/C21H19ClN4O6/c22-17-12-15(26(30)31)6-7-16(17)19-23-25(20(28)32-19)13-18(27)24-10-8-21(29,9-11-24)14-4-2-1-3-5-14/h1-7,12,29H,8-11,13H2. The third-order valence-electron chi connectivity index (χ3n) is 5.54. The maximum Gasteiger partial charge on any atom is 0.437 e. The first kappa shape index (κ1) is 21.7. The fraction of sp³-hybridized carbons (Fsp3) is 0.286. The van der Waals surface area contributed by atoms with Gasteiger partial charge in [-0.15, -0.1) is 5.10 Å². The number of benzene rings is 2. The Morgan fingerprint density at radius 2 is 1.91 bits per heavy atom. The Bertz CT molecular complexity index is 1210. The number of hydrogen-bond acceptors (Lipinski definition) is 7. The van der Waals surface area contributed by atoms with Crippen LogP contribution >= 0.6 is 11.6 Å². The molecule has 1 amide bonds. The average Bonchev–Trinajstić information content (AvgIpc) is 3.14. The summed E-state index contributed by atoms with van der Waals surface area (Å²) in [7, 11) is 0. The molecule has 166 valence electrons. The van der Waals surface area contributed by atoms with Gasteiger partial charge in [0.1, 0.15) is 6.54 Å². The molecule has 1 aliphatic heterocycles. The first-order valence-electron chi connectivity index (χ1n) is 9.85. The fourth-order valence-electron chi connectivity index (χ4n) is 3.70. The van der Waals surface area contributed by atoms with E-state index in [0.29, 0.717) is 25.9 Å². The van der Waals surface area contributed by atoms with Gasteiger partial charge in [-0.05, 0) is 24.5 Å². The lowest BCUT2D eigenvalue weighted by Crippen LogP contribution is -2.46. The minimum Gasteiger partial charge on any atom is -0.388 e. The van der Waals surface area contributed by atoms with Crippen molar-refractivity contribution >= 4 is 23.2 Å². The van der Waals surface area contributed by atoms with Crippen molar-refractivity contribution in [1.29, 1.82) is 0 Å². The molecule has 1 aliphatic rings. The number of rotatable bonds is 5. The molecule has 1 saturated heterocycles. The molecule has 10 nitrogen and oxygen atoms in total. The van der Waals surface area contributed by atoms with E-state index in [2.05, 4.69) is 5.10 Å². The van der Waals surface area contributed by atoms with Crippen molar-refractivity contribution < 1.29 is 19.2 Å². The van der Waals surface area contributed by atoms with Gasteiger partial charge in [-0.1, -0.05) is 41.9 Å². The highest BCUT2D eigenvalue weighted by Gasteiger charge is 2.35. The molecule has 0 bridgehead atoms. The van der Waals surface area contributed by atoms with Gasteiger partial charge in [0.05, 0.1) is 21.1 Å². The van der Waals surface area contributed by atoms with Crippen LogP contribution in [-0.2, 0) is 16.9 Å². The van der Waals surface area contributed by atoms with E-state index >= 15 is 0 Å². The number of nitro groups is 1. The Morgan fingerprint density at radius 3 is 2.53 bits per heavy atom. The van der Waals surface area contributed by atoms with Gasteiger partial charge in [-0.25, -0.2) is 4.79 Å². The molecule has 0 unspecified atom stereocenters. The second kappa shape index (κ2) is 8.56. The number of aromatic nitrogens is 2. The van der Waals surface area contributed by atoms with Crippen LogP contribution in [0, 0.1) is 10.1 Å². The van der Waals surface area contributed by atoms with E-state index in [1.54, 1.807) is 4.90 Å². The summed E-state index contributed by atoms with van der Waals surface area (Å²) in [5, 5.41) is 25.8. The number of carbonyl (C=O) groups is 1. The summed E-state index contributed by atoms with van der Waals surface area (Å²) in [5.74, 6) is -1.32. The van der Waals surface area contributed by atoms with Gasteiger partial charge < -0.3 is 14.4 Å². The maximum atomic E-state index is 12.7. The van der Waals surface area contributed by atoms with Gasteiger partial charge >= 0.3 is 5.76 Å². The largest absolute Gasteiger partial charge is 0.437 e. The lowest BCUT2D eigenvalue weighted by Gasteiger charge is -2.38. The van der Waals surface area contributed by atoms with Crippen molar-refractivity contribution in [2.75, 3.05) is 13.1 Å². The number of hydrogen-bond donors (Lipinski definition) is 1. The van der Waals surface area contributed by atoms with Gasteiger partial charge in [-0.2, -0.15) is 4.68 Å². The van der Waals surface area contributed by atoms with E-state index in [9.17, 15) is 24.8 Å². The molecule has 1 aromatic heterocycles. The Balaban J connectivity index is 1.44. The van der Waals surface area contributed by atoms with Crippen LogP contribution < -0.4 is 5.76 Å². The van der Waals surface area contributed by atoms with E-state index < -0.39 is 16.3 Å². The Kier molecular flexibility index (Phi) is 5.81. The number of aliphatic hydroxyl groups is 1. The van der Waals surface area contributed by atoms with Crippen molar-refractivity contribution in [3.8, 4) is 11.5 Å². The summed E-state index contributed by atoms with van der Waals surface area (Å²) in [5.41, 5.74) is -0.199. The molecule has 4 rings (SSSR count). The quantitative estimate of drug-likeness (QED) is 0.459. The molecule has 1 fully saturated rings. The zero-order chi connectivity index (χ0) is 22.9. The van der Waals surface area contributed by atoms with E-state index in [-0.39, 0.29) is 34.6 Å². The van der Waals surface area contributed by atoms with Gasteiger partial charge in [0.2, 0.25) is 5.91 Å². The Morgan fingerprint density at radius 1 is 1.22 bits per heavy atom. The van der Waals surface area contributed by atoms with Crippen LogP contribution in [0.3, 0.4) is 0 Å². The molecule has 32 heavy (non-hydrogen) atoms. The highest BCUT2D eigenvalue weighted by molar-refractivity contribution is 6.33. The van der Waals surface area contributed by atoms with Crippen LogP contribution in [-0.4, -0.2) is 43.7 Å². The van der Waals surface area contributed by atoms with Crippen molar-refractivity contribution in [3.63, 3.8) is 0 Å². The van der Waals surface area contributed by atoms with Crippen LogP contribution in [0.4, 0.5) is 5.69 Å². The lowest BCUT2D eigenvalue weighted by atomic mass is 9.84. The molecule has 0 atom stereocenters. The van der Waals surface area contributed by atoms with Crippen molar-refractivity contribution in [3.05, 3.63) is 79.8 Å². The highest BCUT2D eigenvalue weighted by atomic mass is 35.5.